The van der Waals surface area contributed by atoms with Gasteiger partial charge in [-0.3, -0.25) is 0 Å². The molecule has 9 aromatic rings. The fourth-order valence-electron chi connectivity index (χ4n) is 7.31. The van der Waals surface area contributed by atoms with E-state index in [0.29, 0.717) is 0 Å². The van der Waals surface area contributed by atoms with Gasteiger partial charge in [0, 0.05) is 22.9 Å². The van der Waals surface area contributed by atoms with Crippen molar-refractivity contribution in [3.8, 4) is 0 Å². The van der Waals surface area contributed by atoms with Crippen molar-refractivity contribution in [1.82, 2.24) is 0 Å². The summed E-state index contributed by atoms with van der Waals surface area (Å²) in [6.45, 7) is 4.56. The monoisotopic (exact) mass is 639 g/mol. The topological polar surface area (TPSA) is 29.5 Å². The van der Waals surface area contributed by atoms with Crippen LogP contribution in [0, 0.1) is 0 Å². The lowest BCUT2D eigenvalue weighted by molar-refractivity contribution is 0.559. The molecule has 0 saturated heterocycles. The van der Waals surface area contributed by atoms with E-state index in [1.165, 1.54) is 43.4 Å². The second-order valence-electron chi connectivity index (χ2n) is 12.7. The second-order valence-corrected chi connectivity index (χ2v) is 14.0. The van der Waals surface area contributed by atoms with Gasteiger partial charge in [0.1, 0.15) is 11.2 Å². The maximum atomic E-state index is 7.19. The summed E-state index contributed by atoms with van der Waals surface area (Å²) < 4.78 is 16.8. The van der Waals surface area contributed by atoms with Gasteiger partial charge in [-0.05, 0) is 92.3 Å². The molecular formula is C44H34NO2P. The van der Waals surface area contributed by atoms with E-state index in [4.69, 9.17) is 8.39 Å². The highest BCUT2D eigenvalue weighted by Gasteiger charge is 2.30. The first-order valence-corrected chi connectivity index (χ1v) is 17.7. The third-order valence-corrected chi connectivity index (χ3v) is 11.7. The van der Waals surface area contributed by atoms with Gasteiger partial charge >= 0.3 is 8.16 Å². The quantitative estimate of drug-likeness (QED) is 0.188. The van der Waals surface area contributed by atoms with Crippen LogP contribution in [0.5, 0.6) is 0 Å². The van der Waals surface area contributed by atoms with Crippen LogP contribution in [-0.2, 0) is 0 Å². The number of hydrogen-bond acceptors (Lipinski definition) is 3. The summed E-state index contributed by atoms with van der Waals surface area (Å²) in [7, 11) is -1.62. The maximum Gasteiger partial charge on any atom is 0.310 e. The Kier molecular flexibility index (Phi) is 7.04. The van der Waals surface area contributed by atoms with E-state index in [-0.39, 0.29) is 12.1 Å². The van der Waals surface area contributed by atoms with Crippen LogP contribution < -0.4 is 4.67 Å². The average molecular weight is 640 g/mol. The van der Waals surface area contributed by atoms with Crippen LogP contribution in [0.3, 0.4) is 0 Å². The highest BCUT2D eigenvalue weighted by Crippen LogP contribution is 2.48. The summed E-state index contributed by atoms with van der Waals surface area (Å²) >= 11 is 0. The Labute approximate surface area is 280 Å². The van der Waals surface area contributed by atoms with Crippen LogP contribution in [0.15, 0.2) is 166 Å². The van der Waals surface area contributed by atoms with Crippen molar-refractivity contribution < 1.29 is 8.39 Å². The van der Waals surface area contributed by atoms with Crippen molar-refractivity contribution >= 4 is 73.2 Å². The van der Waals surface area contributed by atoms with E-state index >= 15 is 0 Å². The van der Waals surface area contributed by atoms with Crippen LogP contribution >= 0.6 is 8.16 Å². The van der Waals surface area contributed by atoms with E-state index in [1.807, 2.05) is 0 Å². The van der Waals surface area contributed by atoms with Gasteiger partial charge in [0.2, 0.25) is 0 Å². The fourth-order valence-corrected chi connectivity index (χ4v) is 9.01. The Balaban J connectivity index is 1.35. The number of fused-ring (bicyclic) bond motifs is 9. The Morgan fingerprint density at radius 2 is 0.792 bits per heavy atom. The van der Waals surface area contributed by atoms with Crippen molar-refractivity contribution in [3.05, 3.63) is 169 Å². The van der Waals surface area contributed by atoms with Crippen molar-refractivity contribution in [1.29, 1.82) is 0 Å². The summed E-state index contributed by atoms with van der Waals surface area (Å²) in [4.78, 5) is 0. The molecule has 0 amide bonds. The minimum Gasteiger partial charge on any atom is -0.408 e. The molecular weight excluding hydrogens is 605 g/mol. The molecule has 232 valence electrons. The predicted molar refractivity (Wildman–Crippen MR) is 204 cm³/mol. The highest BCUT2D eigenvalue weighted by atomic mass is 31.1. The lowest BCUT2D eigenvalue weighted by Crippen LogP contribution is -2.27. The molecule has 0 N–H and O–H groups in total. The van der Waals surface area contributed by atoms with Crippen molar-refractivity contribution in [2.45, 2.75) is 25.9 Å². The first-order chi connectivity index (χ1) is 23.6. The molecule has 1 heterocycles. The normalized spacial score (nSPS) is 13.2. The van der Waals surface area contributed by atoms with Crippen molar-refractivity contribution in [2.75, 3.05) is 4.67 Å². The molecule has 9 rings (SSSR count). The van der Waals surface area contributed by atoms with E-state index in [2.05, 4.69) is 176 Å². The zero-order valence-electron chi connectivity index (χ0n) is 26.9. The van der Waals surface area contributed by atoms with E-state index in [0.717, 1.165) is 32.7 Å². The minimum absolute atomic E-state index is 0.0203. The smallest absolute Gasteiger partial charge is 0.310 e. The van der Waals surface area contributed by atoms with Crippen molar-refractivity contribution in [2.24, 2.45) is 0 Å². The third kappa shape index (κ3) is 4.86. The Morgan fingerprint density at radius 1 is 0.417 bits per heavy atom. The maximum absolute atomic E-state index is 7.19. The summed E-state index contributed by atoms with van der Waals surface area (Å²) in [5, 5.41) is 11.8. The van der Waals surface area contributed by atoms with Gasteiger partial charge in [0.15, 0.2) is 0 Å². The van der Waals surface area contributed by atoms with Crippen molar-refractivity contribution in [3.63, 3.8) is 0 Å². The Hall–Kier alpha value is -5.34. The molecule has 0 unspecified atom stereocenters. The van der Waals surface area contributed by atoms with Gasteiger partial charge in [-0.25, -0.2) is 0 Å². The molecule has 0 aliphatic carbocycles. The van der Waals surface area contributed by atoms with E-state index in [1.54, 1.807) is 0 Å². The fraction of sp³-hybridized carbons (Fsp3) is 0.0909. The van der Waals surface area contributed by atoms with Crippen LogP contribution in [0.2, 0.25) is 0 Å². The average Bonchev–Trinajstić information content (AvgIpc) is 3.31. The molecule has 0 radical (unpaired) electrons. The van der Waals surface area contributed by atoms with E-state index in [9.17, 15) is 0 Å². The molecule has 8 aromatic carbocycles. The first-order valence-electron chi connectivity index (χ1n) is 16.6. The largest absolute Gasteiger partial charge is 0.408 e. The standard InChI is InChI=1S/C44H34NO2P/c1-29(35-21-19-31-11-3-5-15-37(31)27-35)45(30(2)36-22-20-32-12-4-6-16-38(32)28-36)48-46-41-25-23-33-13-7-9-17-39(33)43(41)44-40-18-10-8-14-34(40)24-26-42(44)47-48/h3-30H,1-2H3/t29-,30-/m0/s1. The lowest BCUT2D eigenvalue weighted by atomic mass is 9.99. The molecule has 0 spiro atoms. The predicted octanol–water partition coefficient (Wildman–Crippen LogP) is 13.4. The summed E-state index contributed by atoms with van der Waals surface area (Å²) in [6.07, 6.45) is 0. The molecule has 3 nitrogen and oxygen atoms in total. The number of nitrogens with zero attached hydrogens (tertiary/aromatic N) is 1. The van der Waals surface area contributed by atoms with Crippen LogP contribution in [-0.4, -0.2) is 0 Å². The third-order valence-electron chi connectivity index (χ3n) is 9.88. The van der Waals surface area contributed by atoms with Gasteiger partial charge in [-0.2, -0.15) is 4.67 Å². The number of hydrogen-bond donors (Lipinski definition) is 0. The number of rotatable bonds is 5. The highest BCUT2D eigenvalue weighted by molar-refractivity contribution is 7.39. The zero-order valence-corrected chi connectivity index (χ0v) is 27.8. The summed E-state index contributed by atoms with van der Waals surface area (Å²) in [5.41, 5.74) is 4.13. The number of benzene rings is 8. The summed E-state index contributed by atoms with van der Waals surface area (Å²) in [6, 6.07) is 56.4. The molecule has 0 aliphatic rings. The molecule has 48 heavy (non-hydrogen) atoms. The molecule has 1 aromatic heterocycles. The molecule has 0 fully saturated rings. The van der Waals surface area contributed by atoms with Gasteiger partial charge in [-0.1, -0.05) is 133 Å². The van der Waals surface area contributed by atoms with Gasteiger partial charge in [0.25, 0.3) is 0 Å². The molecule has 2 atom stereocenters. The van der Waals surface area contributed by atoms with Gasteiger partial charge < -0.3 is 8.39 Å². The molecule has 4 heteroatoms. The first kappa shape index (κ1) is 28.8. The van der Waals surface area contributed by atoms with Crippen LogP contribution in [0.4, 0.5) is 0 Å². The van der Waals surface area contributed by atoms with E-state index < -0.39 is 8.16 Å². The van der Waals surface area contributed by atoms with Crippen LogP contribution in [0.1, 0.15) is 37.1 Å². The Bertz CT molecular complexity index is 2510. The molecule has 0 aliphatic heterocycles. The molecule has 0 saturated carbocycles. The SMILES string of the molecule is C[C@@H](c1ccc2ccccc2c1)N([C@@H](C)c1ccc2ccccc2c1)p1oc2ccc3ccccc3c2c2c(ccc3ccccc32)o1. The second kappa shape index (κ2) is 11.7. The lowest BCUT2D eigenvalue weighted by Gasteiger charge is -2.32. The Morgan fingerprint density at radius 3 is 1.25 bits per heavy atom. The molecule has 0 bridgehead atoms. The van der Waals surface area contributed by atoms with Gasteiger partial charge in [-0.15, -0.1) is 0 Å². The summed E-state index contributed by atoms with van der Waals surface area (Å²) in [5.74, 6) is 0. The minimum atomic E-state index is -1.62. The van der Waals surface area contributed by atoms with Gasteiger partial charge in [0.05, 0.1) is 0 Å². The zero-order chi connectivity index (χ0) is 32.2. The van der Waals surface area contributed by atoms with Crippen LogP contribution in [0.25, 0.3) is 65.0 Å².